The van der Waals surface area contributed by atoms with Gasteiger partial charge in [0.15, 0.2) is 0 Å². The van der Waals surface area contributed by atoms with Crippen molar-refractivity contribution in [2.45, 2.75) is 12.7 Å². The molecule has 1 aromatic heterocycles. The fraction of sp³-hybridized carbons (Fsp3) is 0.118. The SMILES string of the molecule is O=C(NCc1cccc(C(F)(F)F)c1)c1cccc2cc[nH]c12. The van der Waals surface area contributed by atoms with Crippen LogP contribution in [0.25, 0.3) is 10.9 Å². The maximum Gasteiger partial charge on any atom is 0.416 e. The lowest BCUT2D eigenvalue weighted by atomic mass is 10.1. The molecule has 0 saturated heterocycles. The molecule has 0 spiro atoms. The molecular weight excluding hydrogens is 305 g/mol. The normalized spacial score (nSPS) is 11.6. The largest absolute Gasteiger partial charge is 0.416 e. The summed E-state index contributed by atoms with van der Waals surface area (Å²) in [4.78, 5) is 15.2. The molecule has 0 fully saturated rings. The molecule has 0 aliphatic carbocycles. The van der Waals surface area contributed by atoms with Crippen LogP contribution in [0.15, 0.2) is 54.7 Å². The van der Waals surface area contributed by atoms with Crippen molar-refractivity contribution in [2.75, 3.05) is 0 Å². The minimum absolute atomic E-state index is 0.0276. The smallest absolute Gasteiger partial charge is 0.361 e. The molecule has 118 valence electrons. The van der Waals surface area contributed by atoms with E-state index in [1.807, 2.05) is 12.1 Å². The monoisotopic (exact) mass is 318 g/mol. The number of carbonyl (C=O) groups is 1. The van der Waals surface area contributed by atoms with Crippen LogP contribution in [0.5, 0.6) is 0 Å². The highest BCUT2D eigenvalue weighted by Gasteiger charge is 2.30. The van der Waals surface area contributed by atoms with E-state index in [0.29, 0.717) is 16.6 Å². The summed E-state index contributed by atoms with van der Waals surface area (Å²) in [7, 11) is 0. The lowest BCUT2D eigenvalue weighted by Gasteiger charge is -2.10. The Morgan fingerprint density at radius 1 is 1.09 bits per heavy atom. The molecule has 1 heterocycles. The highest BCUT2D eigenvalue weighted by Crippen LogP contribution is 2.29. The number of rotatable bonds is 3. The number of hydrogen-bond donors (Lipinski definition) is 2. The summed E-state index contributed by atoms with van der Waals surface area (Å²) in [5.74, 6) is -0.338. The number of para-hydroxylation sites is 1. The minimum atomic E-state index is -4.39. The number of nitrogens with one attached hydrogen (secondary N) is 2. The Balaban J connectivity index is 1.76. The molecule has 2 N–H and O–H groups in total. The fourth-order valence-electron chi connectivity index (χ4n) is 2.41. The van der Waals surface area contributed by atoms with E-state index < -0.39 is 11.7 Å². The highest BCUT2D eigenvalue weighted by molar-refractivity contribution is 6.05. The first-order valence-electron chi connectivity index (χ1n) is 6.95. The van der Waals surface area contributed by atoms with Crippen LogP contribution >= 0.6 is 0 Å². The van der Waals surface area contributed by atoms with E-state index in [9.17, 15) is 18.0 Å². The summed E-state index contributed by atoms with van der Waals surface area (Å²) >= 11 is 0. The van der Waals surface area contributed by atoms with Gasteiger partial charge in [-0.3, -0.25) is 4.79 Å². The molecule has 0 unspecified atom stereocenters. The van der Waals surface area contributed by atoms with E-state index in [2.05, 4.69) is 10.3 Å². The first-order valence-corrected chi connectivity index (χ1v) is 6.95. The van der Waals surface area contributed by atoms with Crippen molar-refractivity contribution in [2.24, 2.45) is 0 Å². The van der Waals surface area contributed by atoms with Crippen LogP contribution in [-0.4, -0.2) is 10.9 Å². The summed E-state index contributed by atoms with van der Waals surface area (Å²) in [6.45, 7) is 0.0276. The molecule has 0 atom stereocenters. The predicted octanol–water partition coefficient (Wildman–Crippen LogP) is 4.12. The first kappa shape index (κ1) is 15.1. The van der Waals surface area contributed by atoms with E-state index in [0.717, 1.165) is 17.5 Å². The summed E-state index contributed by atoms with van der Waals surface area (Å²) in [5.41, 5.74) is 0.830. The fourth-order valence-corrected chi connectivity index (χ4v) is 2.41. The molecule has 23 heavy (non-hydrogen) atoms. The zero-order valence-corrected chi connectivity index (χ0v) is 11.9. The first-order chi connectivity index (χ1) is 10.9. The topological polar surface area (TPSA) is 44.9 Å². The van der Waals surface area contributed by atoms with Gasteiger partial charge in [0.25, 0.3) is 5.91 Å². The third-order valence-corrected chi connectivity index (χ3v) is 3.54. The van der Waals surface area contributed by atoms with Crippen molar-refractivity contribution in [3.63, 3.8) is 0 Å². The molecule has 0 aliphatic heterocycles. The molecule has 6 heteroatoms. The number of halogens is 3. The lowest BCUT2D eigenvalue weighted by Crippen LogP contribution is -2.23. The zero-order valence-electron chi connectivity index (χ0n) is 11.9. The predicted molar refractivity (Wildman–Crippen MR) is 80.9 cm³/mol. The van der Waals surface area contributed by atoms with Crippen LogP contribution < -0.4 is 5.32 Å². The summed E-state index contributed by atoms with van der Waals surface area (Å²) in [6, 6.07) is 12.1. The van der Waals surface area contributed by atoms with Gasteiger partial charge in [-0.05, 0) is 29.8 Å². The number of alkyl halides is 3. The number of H-pyrrole nitrogens is 1. The van der Waals surface area contributed by atoms with Gasteiger partial charge >= 0.3 is 6.18 Å². The average molecular weight is 318 g/mol. The van der Waals surface area contributed by atoms with Gasteiger partial charge in [0.05, 0.1) is 16.6 Å². The Labute approximate surface area is 130 Å². The molecule has 3 aromatic rings. The van der Waals surface area contributed by atoms with Gasteiger partial charge in [0, 0.05) is 18.1 Å². The van der Waals surface area contributed by atoms with Gasteiger partial charge in [-0.2, -0.15) is 13.2 Å². The van der Waals surface area contributed by atoms with Crippen molar-refractivity contribution in [1.82, 2.24) is 10.3 Å². The second kappa shape index (κ2) is 5.79. The quantitative estimate of drug-likeness (QED) is 0.750. The van der Waals surface area contributed by atoms with Gasteiger partial charge in [0.2, 0.25) is 0 Å². The van der Waals surface area contributed by atoms with Crippen molar-refractivity contribution in [1.29, 1.82) is 0 Å². The second-order valence-corrected chi connectivity index (χ2v) is 5.13. The molecule has 0 aliphatic rings. The molecule has 0 bridgehead atoms. The van der Waals surface area contributed by atoms with E-state index >= 15 is 0 Å². The third kappa shape index (κ3) is 3.21. The summed E-state index contributed by atoms with van der Waals surface area (Å²) < 4.78 is 38.0. The van der Waals surface area contributed by atoms with Crippen molar-refractivity contribution in [3.8, 4) is 0 Å². The molecule has 0 saturated carbocycles. The number of amides is 1. The average Bonchev–Trinajstić information content (AvgIpc) is 3.00. The third-order valence-electron chi connectivity index (χ3n) is 3.54. The number of aromatic amines is 1. The number of fused-ring (bicyclic) bond motifs is 1. The van der Waals surface area contributed by atoms with Gasteiger partial charge in [0.1, 0.15) is 0 Å². The Kier molecular flexibility index (Phi) is 3.82. The van der Waals surface area contributed by atoms with Crippen molar-refractivity contribution in [3.05, 3.63) is 71.4 Å². The minimum Gasteiger partial charge on any atom is -0.361 e. The van der Waals surface area contributed by atoms with Crippen LogP contribution in [0.3, 0.4) is 0 Å². The van der Waals surface area contributed by atoms with E-state index in [4.69, 9.17) is 0 Å². The zero-order chi connectivity index (χ0) is 16.4. The number of aromatic nitrogens is 1. The van der Waals surface area contributed by atoms with Crippen LogP contribution in [0.2, 0.25) is 0 Å². The van der Waals surface area contributed by atoms with Gasteiger partial charge in [-0.1, -0.05) is 24.3 Å². The highest BCUT2D eigenvalue weighted by atomic mass is 19.4. The Bertz CT molecular complexity index is 852. The number of hydrogen-bond acceptors (Lipinski definition) is 1. The second-order valence-electron chi connectivity index (χ2n) is 5.13. The Morgan fingerprint density at radius 3 is 2.65 bits per heavy atom. The Hall–Kier alpha value is -2.76. The van der Waals surface area contributed by atoms with Gasteiger partial charge in [-0.15, -0.1) is 0 Å². The maximum atomic E-state index is 12.7. The number of carbonyl (C=O) groups excluding carboxylic acids is 1. The summed E-state index contributed by atoms with van der Waals surface area (Å²) in [6.07, 6.45) is -2.66. The van der Waals surface area contributed by atoms with Crippen LogP contribution in [-0.2, 0) is 12.7 Å². The Morgan fingerprint density at radius 2 is 1.87 bits per heavy atom. The maximum absolute atomic E-state index is 12.7. The molecule has 3 rings (SSSR count). The standard InChI is InChI=1S/C17H13F3N2O/c18-17(19,20)13-5-1-3-11(9-13)10-22-16(23)14-6-2-4-12-7-8-21-15(12)14/h1-9,21H,10H2,(H,22,23). The molecule has 1 amide bonds. The molecule has 3 nitrogen and oxygen atoms in total. The van der Waals surface area contributed by atoms with E-state index in [1.165, 1.54) is 6.07 Å². The molecular formula is C17H13F3N2O. The molecule has 0 radical (unpaired) electrons. The molecule has 2 aromatic carbocycles. The van der Waals surface area contributed by atoms with Crippen molar-refractivity contribution < 1.29 is 18.0 Å². The van der Waals surface area contributed by atoms with Crippen LogP contribution in [0, 0.1) is 0 Å². The summed E-state index contributed by atoms with van der Waals surface area (Å²) in [5, 5.41) is 3.55. The van der Waals surface area contributed by atoms with Crippen molar-refractivity contribution >= 4 is 16.8 Å². The van der Waals surface area contributed by atoms with Crippen LogP contribution in [0.1, 0.15) is 21.5 Å². The van der Waals surface area contributed by atoms with Gasteiger partial charge < -0.3 is 10.3 Å². The van der Waals surface area contributed by atoms with Gasteiger partial charge in [-0.25, -0.2) is 0 Å². The van der Waals surface area contributed by atoms with E-state index in [1.54, 1.807) is 24.4 Å². The lowest BCUT2D eigenvalue weighted by molar-refractivity contribution is -0.137. The van der Waals surface area contributed by atoms with E-state index in [-0.39, 0.29) is 12.5 Å². The number of benzene rings is 2. The van der Waals surface area contributed by atoms with Crippen LogP contribution in [0.4, 0.5) is 13.2 Å².